The van der Waals surface area contributed by atoms with Gasteiger partial charge in [0, 0.05) is 19.2 Å². The number of hydrogen-bond acceptors (Lipinski definition) is 5. The Balaban J connectivity index is 2.14. The highest BCUT2D eigenvalue weighted by molar-refractivity contribution is 6.07. The van der Waals surface area contributed by atoms with Gasteiger partial charge in [-0.25, -0.2) is 9.59 Å². The normalized spacial score (nSPS) is 15.5. The zero-order valence-electron chi connectivity index (χ0n) is 10.1. The Bertz CT molecular complexity index is 737. The van der Waals surface area contributed by atoms with E-state index < -0.39 is 12.0 Å². The predicted molar refractivity (Wildman–Crippen MR) is 65.4 cm³/mol. The number of aromatic nitrogens is 3. The maximum atomic E-state index is 11.8. The summed E-state index contributed by atoms with van der Waals surface area (Å²) in [4.78, 5) is 35.4. The minimum Gasteiger partial charge on any atom is -0.478 e. The van der Waals surface area contributed by atoms with Gasteiger partial charge in [-0.2, -0.15) is 0 Å². The number of aromatic carboxylic acids is 1. The summed E-state index contributed by atoms with van der Waals surface area (Å²) in [6.45, 7) is 0.163. The summed E-state index contributed by atoms with van der Waals surface area (Å²) in [7, 11) is 0. The Hall–Kier alpha value is -2.97. The maximum absolute atomic E-state index is 11.8. The van der Waals surface area contributed by atoms with Gasteiger partial charge in [-0.3, -0.25) is 19.4 Å². The first-order chi connectivity index (χ1) is 9.56. The molecule has 2 aromatic heterocycles. The Morgan fingerprint density at radius 1 is 1.40 bits per heavy atom. The molecule has 1 fully saturated rings. The highest BCUT2D eigenvalue weighted by Crippen LogP contribution is 2.23. The number of pyridine rings is 1. The fraction of sp³-hybridized carbons (Fsp3) is 0.182. The van der Waals surface area contributed by atoms with E-state index in [2.05, 4.69) is 15.5 Å². The molecule has 9 heteroatoms. The third kappa shape index (κ3) is 1.85. The lowest BCUT2D eigenvalue weighted by Gasteiger charge is -2.26. The van der Waals surface area contributed by atoms with Crippen LogP contribution in [0.2, 0.25) is 0 Å². The molecule has 0 unspecified atom stereocenters. The summed E-state index contributed by atoms with van der Waals surface area (Å²) in [6, 6.07) is 0.732. The number of carboxylic acid groups (broad SMARTS) is 1. The van der Waals surface area contributed by atoms with E-state index in [0.29, 0.717) is 11.3 Å². The Morgan fingerprint density at radius 3 is 2.90 bits per heavy atom. The molecule has 0 bridgehead atoms. The number of carboxylic acids is 1. The second kappa shape index (κ2) is 4.30. The Kier molecular flexibility index (Phi) is 2.60. The van der Waals surface area contributed by atoms with E-state index >= 15 is 0 Å². The summed E-state index contributed by atoms with van der Waals surface area (Å²) in [5.74, 6) is -1.49. The van der Waals surface area contributed by atoms with Crippen LogP contribution >= 0.6 is 0 Å². The Labute approximate surface area is 111 Å². The molecule has 0 aliphatic carbocycles. The molecule has 1 aliphatic rings. The monoisotopic (exact) mass is 275 g/mol. The first-order valence-electron chi connectivity index (χ1n) is 5.74. The van der Waals surface area contributed by atoms with E-state index in [1.807, 2.05) is 0 Å². The summed E-state index contributed by atoms with van der Waals surface area (Å²) < 4.78 is 1.42. The number of imide groups is 1. The van der Waals surface area contributed by atoms with Crippen LogP contribution in [0.4, 0.5) is 10.5 Å². The number of fused-ring (bicyclic) bond motifs is 1. The average molecular weight is 275 g/mol. The first kappa shape index (κ1) is 12.1. The average Bonchev–Trinajstić information content (AvgIpc) is 2.86. The van der Waals surface area contributed by atoms with E-state index in [-0.39, 0.29) is 24.4 Å². The van der Waals surface area contributed by atoms with E-state index in [0.717, 1.165) is 0 Å². The molecule has 102 valence electrons. The maximum Gasteiger partial charge on any atom is 0.337 e. The summed E-state index contributed by atoms with van der Waals surface area (Å²) in [6.07, 6.45) is 2.84. The van der Waals surface area contributed by atoms with Crippen molar-refractivity contribution in [2.75, 3.05) is 11.4 Å². The van der Waals surface area contributed by atoms with Crippen molar-refractivity contribution in [3.05, 3.63) is 24.2 Å². The van der Waals surface area contributed by atoms with Crippen LogP contribution in [0.1, 0.15) is 16.8 Å². The zero-order valence-corrected chi connectivity index (χ0v) is 10.1. The fourth-order valence-corrected chi connectivity index (χ4v) is 2.03. The van der Waals surface area contributed by atoms with Crippen LogP contribution in [-0.4, -0.2) is 44.2 Å². The minimum absolute atomic E-state index is 0.00278. The van der Waals surface area contributed by atoms with Crippen molar-refractivity contribution >= 4 is 29.2 Å². The molecule has 3 rings (SSSR count). The van der Waals surface area contributed by atoms with Crippen molar-refractivity contribution in [1.29, 1.82) is 0 Å². The number of amides is 3. The second-order valence-electron chi connectivity index (χ2n) is 4.24. The second-order valence-corrected chi connectivity index (χ2v) is 4.24. The SMILES string of the molecule is O=C1CCN(c2cc(C(=O)O)cn3cnnc23)C(=O)N1. The van der Waals surface area contributed by atoms with Gasteiger partial charge in [-0.15, -0.1) is 10.2 Å². The zero-order chi connectivity index (χ0) is 14.3. The number of urea groups is 1. The van der Waals surface area contributed by atoms with Crippen LogP contribution in [0, 0.1) is 0 Å². The van der Waals surface area contributed by atoms with Crippen molar-refractivity contribution in [2.45, 2.75) is 6.42 Å². The lowest BCUT2D eigenvalue weighted by atomic mass is 10.2. The predicted octanol–water partition coefficient (Wildman–Crippen LogP) is -0.126. The molecule has 1 saturated heterocycles. The molecule has 0 atom stereocenters. The fourth-order valence-electron chi connectivity index (χ4n) is 2.03. The molecule has 0 radical (unpaired) electrons. The molecule has 3 amide bonds. The molecule has 0 aromatic carbocycles. The number of carbonyl (C=O) groups excluding carboxylic acids is 2. The van der Waals surface area contributed by atoms with E-state index in [1.54, 1.807) is 0 Å². The third-order valence-electron chi connectivity index (χ3n) is 2.96. The lowest BCUT2D eigenvalue weighted by Crippen LogP contribution is -2.49. The van der Waals surface area contributed by atoms with Crippen LogP contribution in [-0.2, 0) is 4.79 Å². The molecule has 0 spiro atoms. The Morgan fingerprint density at radius 2 is 2.20 bits per heavy atom. The van der Waals surface area contributed by atoms with Crippen LogP contribution in [0.25, 0.3) is 5.65 Å². The van der Waals surface area contributed by atoms with Crippen molar-refractivity contribution < 1.29 is 19.5 Å². The molecule has 2 N–H and O–H groups in total. The van der Waals surface area contributed by atoms with Gasteiger partial charge in [0.2, 0.25) is 5.91 Å². The van der Waals surface area contributed by atoms with Gasteiger partial charge in [0.15, 0.2) is 5.65 Å². The largest absolute Gasteiger partial charge is 0.478 e. The molecule has 1 aliphatic heterocycles. The summed E-state index contributed by atoms with van der Waals surface area (Å²) >= 11 is 0. The molecular formula is C11H9N5O4. The molecule has 20 heavy (non-hydrogen) atoms. The number of hydrogen-bond donors (Lipinski definition) is 2. The topological polar surface area (TPSA) is 117 Å². The standard InChI is InChI=1S/C11H9N5O4/c17-8-1-2-16(11(20)13-8)7-3-6(10(18)19)4-15-5-12-14-9(7)15/h3-5H,1-2H2,(H,18,19)(H,13,17,20). The van der Waals surface area contributed by atoms with Gasteiger partial charge in [-0.1, -0.05) is 0 Å². The van der Waals surface area contributed by atoms with Crippen molar-refractivity contribution in [3.63, 3.8) is 0 Å². The summed E-state index contributed by atoms with van der Waals surface area (Å²) in [5.41, 5.74) is 0.642. The smallest absolute Gasteiger partial charge is 0.337 e. The van der Waals surface area contributed by atoms with Gasteiger partial charge in [0.1, 0.15) is 6.33 Å². The van der Waals surface area contributed by atoms with Crippen molar-refractivity contribution in [2.24, 2.45) is 0 Å². The van der Waals surface area contributed by atoms with Gasteiger partial charge < -0.3 is 5.11 Å². The number of nitrogens with zero attached hydrogens (tertiary/aromatic N) is 4. The summed E-state index contributed by atoms with van der Waals surface area (Å²) in [5, 5.41) is 18.8. The van der Waals surface area contributed by atoms with Gasteiger partial charge in [-0.05, 0) is 6.07 Å². The highest BCUT2D eigenvalue weighted by atomic mass is 16.4. The molecular weight excluding hydrogens is 266 g/mol. The number of nitrogens with one attached hydrogen (secondary N) is 1. The van der Waals surface area contributed by atoms with Crippen LogP contribution < -0.4 is 10.2 Å². The van der Waals surface area contributed by atoms with Gasteiger partial charge >= 0.3 is 12.0 Å². The highest BCUT2D eigenvalue weighted by Gasteiger charge is 2.27. The lowest BCUT2D eigenvalue weighted by molar-refractivity contribution is -0.120. The van der Waals surface area contributed by atoms with Crippen molar-refractivity contribution in [3.8, 4) is 0 Å². The number of anilines is 1. The van der Waals surface area contributed by atoms with Crippen LogP contribution in [0.15, 0.2) is 18.6 Å². The van der Waals surface area contributed by atoms with E-state index in [9.17, 15) is 14.4 Å². The molecule has 2 aromatic rings. The third-order valence-corrected chi connectivity index (χ3v) is 2.96. The molecule has 3 heterocycles. The van der Waals surface area contributed by atoms with Crippen molar-refractivity contribution in [1.82, 2.24) is 19.9 Å². The number of carbonyl (C=O) groups is 3. The van der Waals surface area contributed by atoms with Crippen LogP contribution in [0.3, 0.4) is 0 Å². The van der Waals surface area contributed by atoms with E-state index in [4.69, 9.17) is 5.11 Å². The minimum atomic E-state index is -1.13. The first-order valence-corrected chi connectivity index (χ1v) is 5.74. The molecule has 0 saturated carbocycles. The van der Waals surface area contributed by atoms with E-state index in [1.165, 1.54) is 27.9 Å². The van der Waals surface area contributed by atoms with Gasteiger partial charge in [0.25, 0.3) is 0 Å². The van der Waals surface area contributed by atoms with Gasteiger partial charge in [0.05, 0.1) is 11.3 Å². The molecule has 9 nitrogen and oxygen atoms in total. The quantitative estimate of drug-likeness (QED) is 0.788. The number of rotatable bonds is 2. The van der Waals surface area contributed by atoms with Crippen LogP contribution in [0.5, 0.6) is 0 Å².